The largest absolute Gasteiger partial charge is 0.368 e. The van der Waals surface area contributed by atoms with Crippen LogP contribution in [0.1, 0.15) is 11.1 Å². The molecule has 0 unspecified atom stereocenters. The first-order chi connectivity index (χ1) is 17.0. The molecule has 0 spiro atoms. The molecule has 1 fully saturated rings. The molecule has 1 saturated heterocycles. The van der Waals surface area contributed by atoms with E-state index in [2.05, 4.69) is 34.6 Å². The number of piperazine rings is 1. The van der Waals surface area contributed by atoms with Crippen molar-refractivity contribution >= 4 is 33.0 Å². The smallest absolute Gasteiger partial charge is 0.229 e. The number of fused-ring (bicyclic) bond motifs is 1. The number of benzene rings is 2. The molecule has 4 aromatic rings. The highest BCUT2D eigenvalue weighted by atomic mass is 32.2. The first kappa shape index (κ1) is 23.3. The molecule has 3 heterocycles. The highest BCUT2D eigenvalue weighted by Crippen LogP contribution is 2.24. The Bertz CT molecular complexity index is 1380. The molecule has 0 amide bonds. The van der Waals surface area contributed by atoms with Gasteiger partial charge < -0.3 is 14.8 Å². The fraction of sp³-hybridized carbons (Fsp3) is 0.320. The summed E-state index contributed by atoms with van der Waals surface area (Å²) < 4.78 is 27.4. The Labute approximate surface area is 205 Å². The number of hydrogen-bond acceptors (Lipinski definition) is 7. The third kappa shape index (κ3) is 5.44. The molecule has 2 aromatic carbocycles. The minimum Gasteiger partial charge on any atom is -0.368 e. The maximum atomic E-state index is 11.9. The van der Waals surface area contributed by atoms with Gasteiger partial charge in [-0.05, 0) is 17.5 Å². The lowest BCUT2D eigenvalue weighted by Crippen LogP contribution is -2.48. The molecule has 0 aliphatic carbocycles. The highest BCUT2D eigenvalue weighted by Gasteiger charge is 2.26. The van der Waals surface area contributed by atoms with Crippen molar-refractivity contribution in [3.05, 3.63) is 78.1 Å². The van der Waals surface area contributed by atoms with E-state index in [1.54, 1.807) is 6.33 Å². The molecule has 0 atom stereocenters. The standard InChI is InChI=1S/C25H29N7O2S/c1-35(33,34)32-16-14-30(15-17-32)25-28-23(26-13-12-20-8-4-2-5-9-20)22-24(29-25)31(19-27-22)18-21-10-6-3-7-11-21/h2-11,19H,12-18H2,1H3,(H,26,28,29). The third-order valence-corrected chi connectivity index (χ3v) is 7.49. The number of nitrogens with zero attached hydrogens (tertiary/aromatic N) is 6. The van der Waals surface area contributed by atoms with Gasteiger partial charge in [-0.15, -0.1) is 0 Å². The molecule has 1 aliphatic rings. The van der Waals surface area contributed by atoms with Crippen LogP contribution in [-0.4, -0.2) is 71.2 Å². The molecule has 9 nitrogen and oxygen atoms in total. The zero-order valence-corrected chi connectivity index (χ0v) is 20.5. The first-order valence-electron chi connectivity index (χ1n) is 11.7. The zero-order valence-electron chi connectivity index (χ0n) is 19.7. The monoisotopic (exact) mass is 491 g/mol. The summed E-state index contributed by atoms with van der Waals surface area (Å²) in [5, 5.41) is 3.47. The van der Waals surface area contributed by atoms with Gasteiger partial charge in [-0.2, -0.15) is 14.3 Å². The molecule has 0 saturated carbocycles. The van der Waals surface area contributed by atoms with Crippen LogP contribution in [0, 0.1) is 0 Å². The van der Waals surface area contributed by atoms with E-state index in [4.69, 9.17) is 9.97 Å². The third-order valence-electron chi connectivity index (χ3n) is 6.19. The second kappa shape index (κ2) is 10.0. The van der Waals surface area contributed by atoms with Crippen LogP contribution in [0.15, 0.2) is 67.0 Å². The Hall–Kier alpha value is -3.50. The minimum absolute atomic E-state index is 0.417. The molecule has 5 rings (SSSR count). The fourth-order valence-electron chi connectivity index (χ4n) is 4.28. The van der Waals surface area contributed by atoms with Gasteiger partial charge in [-0.25, -0.2) is 13.4 Å². The summed E-state index contributed by atoms with van der Waals surface area (Å²) in [5.74, 6) is 1.28. The molecule has 1 N–H and O–H groups in total. The van der Waals surface area contributed by atoms with Gasteiger partial charge in [-0.1, -0.05) is 60.7 Å². The van der Waals surface area contributed by atoms with Gasteiger partial charge in [0.2, 0.25) is 16.0 Å². The number of aromatic nitrogens is 4. The van der Waals surface area contributed by atoms with E-state index in [1.807, 2.05) is 45.9 Å². The quantitative estimate of drug-likeness (QED) is 0.405. The van der Waals surface area contributed by atoms with Crippen LogP contribution in [0.4, 0.5) is 11.8 Å². The molecule has 35 heavy (non-hydrogen) atoms. The Morgan fingerprint density at radius 2 is 1.54 bits per heavy atom. The van der Waals surface area contributed by atoms with Crippen molar-refractivity contribution in [2.24, 2.45) is 0 Å². The molecule has 0 bridgehead atoms. The summed E-state index contributed by atoms with van der Waals surface area (Å²) in [6.45, 7) is 3.27. The maximum absolute atomic E-state index is 11.9. The predicted octanol–water partition coefficient (Wildman–Crippen LogP) is 2.61. The lowest BCUT2D eigenvalue weighted by atomic mass is 10.1. The van der Waals surface area contributed by atoms with Crippen molar-refractivity contribution in [2.45, 2.75) is 13.0 Å². The van der Waals surface area contributed by atoms with Gasteiger partial charge >= 0.3 is 0 Å². The van der Waals surface area contributed by atoms with Crippen molar-refractivity contribution in [3.63, 3.8) is 0 Å². The van der Waals surface area contributed by atoms with Gasteiger partial charge in [0.25, 0.3) is 0 Å². The van der Waals surface area contributed by atoms with E-state index in [-0.39, 0.29) is 0 Å². The van der Waals surface area contributed by atoms with Crippen molar-refractivity contribution in [3.8, 4) is 0 Å². The van der Waals surface area contributed by atoms with Crippen LogP contribution in [0.2, 0.25) is 0 Å². The summed E-state index contributed by atoms with van der Waals surface area (Å²) in [7, 11) is -3.21. The van der Waals surface area contributed by atoms with E-state index in [0.29, 0.717) is 51.0 Å². The van der Waals surface area contributed by atoms with E-state index < -0.39 is 10.0 Å². The van der Waals surface area contributed by atoms with E-state index in [9.17, 15) is 8.42 Å². The number of sulfonamides is 1. The Morgan fingerprint density at radius 1 is 0.886 bits per heavy atom. The van der Waals surface area contributed by atoms with Gasteiger partial charge in [0, 0.05) is 32.7 Å². The summed E-state index contributed by atoms with van der Waals surface area (Å²) in [6, 6.07) is 20.5. The van der Waals surface area contributed by atoms with Crippen LogP contribution in [0.3, 0.4) is 0 Å². The fourth-order valence-corrected chi connectivity index (χ4v) is 5.11. The summed E-state index contributed by atoms with van der Waals surface area (Å²) in [4.78, 5) is 16.4. The molecule has 1 aliphatic heterocycles. The maximum Gasteiger partial charge on any atom is 0.229 e. The number of hydrogen-bond donors (Lipinski definition) is 1. The Morgan fingerprint density at radius 3 is 2.20 bits per heavy atom. The van der Waals surface area contributed by atoms with Crippen LogP contribution in [-0.2, 0) is 23.0 Å². The van der Waals surface area contributed by atoms with Crippen molar-refractivity contribution in [1.29, 1.82) is 0 Å². The summed E-state index contributed by atoms with van der Waals surface area (Å²) in [5.41, 5.74) is 3.89. The van der Waals surface area contributed by atoms with Gasteiger partial charge in [0.05, 0.1) is 19.1 Å². The van der Waals surface area contributed by atoms with Crippen LogP contribution in [0.5, 0.6) is 0 Å². The number of anilines is 2. The molecule has 2 aromatic heterocycles. The minimum atomic E-state index is -3.21. The number of nitrogens with one attached hydrogen (secondary N) is 1. The van der Waals surface area contributed by atoms with Crippen molar-refractivity contribution in [2.75, 3.05) is 49.2 Å². The predicted molar refractivity (Wildman–Crippen MR) is 138 cm³/mol. The molecule has 0 radical (unpaired) electrons. The van der Waals surface area contributed by atoms with Crippen molar-refractivity contribution in [1.82, 2.24) is 23.8 Å². The molecule has 182 valence electrons. The van der Waals surface area contributed by atoms with Crippen LogP contribution >= 0.6 is 0 Å². The Kier molecular flexibility index (Phi) is 6.65. The Balaban J connectivity index is 1.43. The van der Waals surface area contributed by atoms with Crippen molar-refractivity contribution < 1.29 is 8.42 Å². The second-order valence-electron chi connectivity index (χ2n) is 8.71. The van der Waals surface area contributed by atoms with Crippen LogP contribution < -0.4 is 10.2 Å². The van der Waals surface area contributed by atoms with Gasteiger partial charge in [0.15, 0.2) is 17.0 Å². The number of imidazole rings is 1. The SMILES string of the molecule is CS(=O)(=O)N1CCN(c2nc(NCCc3ccccc3)c3ncn(Cc4ccccc4)c3n2)CC1. The second-order valence-corrected chi connectivity index (χ2v) is 10.7. The topological polar surface area (TPSA) is 96.3 Å². The first-order valence-corrected chi connectivity index (χ1v) is 13.6. The van der Waals surface area contributed by atoms with E-state index in [1.165, 1.54) is 16.1 Å². The van der Waals surface area contributed by atoms with Gasteiger partial charge in [0.1, 0.15) is 0 Å². The zero-order chi connectivity index (χ0) is 24.3. The molecular formula is C25H29N7O2S. The highest BCUT2D eigenvalue weighted by molar-refractivity contribution is 7.88. The van der Waals surface area contributed by atoms with Crippen LogP contribution in [0.25, 0.3) is 11.2 Å². The molecular weight excluding hydrogens is 462 g/mol. The lowest BCUT2D eigenvalue weighted by molar-refractivity contribution is 0.386. The van der Waals surface area contributed by atoms with E-state index >= 15 is 0 Å². The normalized spacial score (nSPS) is 14.9. The average molecular weight is 492 g/mol. The van der Waals surface area contributed by atoms with E-state index in [0.717, 1.165) is 23.1 Å². The lowest BCUT2D eigenvalue weighted by Gasteiger charge is -2.33. The summed E-state index contributed by atoms with van der Waals surface area (Å²) in [6.07, 6.45) is 3.92. The van der Waals surface area contributed by atoms with Gasteiger partial charge in [-0.3, -0.25) is 0 Å². The molecule has 10 heteroatoms. The average Bonchev–Trinajstić information content (AvgIpc) is 3.27. The number of rotatable bonds is 8. The summed E-state index contributed by atoms with van der Waals surface area (Å²) >= 11 is 0.